The van der Waals surface area contributed by atoms with Gasteiger partial charge in [0.2, 0.25) is 0 Å². The number of hydrazine groups is 1. The van der Waals surface area contributed by atoms with Gasteiger partial charge in [-0.05, 0) is 49.2 Å². The zero-order chi connectivity index (χ0) is 20.5. The largest absolute Gasteiger partial charge is 0.493 e. The molecular weight excluding hydrogens is 360 g/mol. The quantitative estimate of drug-likeness (QED) is 0.681. The zero-order valence-electron chi connectivity index (χ0n) is 16.6. The van der Waals surface area contributed by atoms with Crippen molar-refractivity contribution < 1.29 is 23.8 Å². The molecule has 2 rings (SSSR count). The Morgan fingerprint density at radius 1 is 0.929 bits per heavy atom. The van der Waals surface area contributed by atoms with Crippen molar-refractivity contribution in [3.8, 4) is 17.2 Å². The van der Waals surface area contributed by atoms with Crippen molar-refractivity contribution in [3.63, 3.8) is 0 Å². The smallest absolute Gasteiger partial charge is 0.269 e. The normalized spacial score (nSPS) is 10.3. The van der Waals surface area contributed by atoms with Crippen molar-refractivity contribution in [2.24, 2.45) is 5.92 Å². The van der Waals surface area contributed by atoms with Gasteiger partial charge in [0.1, 0.15) is 5.75 Å². The molecule has 0 aliphatic heterocycles. The van der Waals surface area contributed by atoms with Crippen LogP contribution in [-0.2, 0) is 0 Å². The number of carbonyl (C=O) groups excluding carboxylic acids is 2. The summed E-state index contributed by atoms with van der Waals surface area (Å²) in [5, 5.41) is 0. The minimum absolute atomic E-state index is 0.328. The molecule has 2 N–H and O–H groups in total. The molecule has 0 unspecified atom stereocenters. The number of amides is 2. The van der Waals surface area contributed by atoms with E-state index in [0.717, 1.165) is 0 Å². The number of ether oxygens (including phenoxy) is 3. The molecule has 28 heavy (non-hydrogen) atoms. The highest BCUT2D eigenvalue weighted by Gasteiger charge is 2.13. The maximum absolute atomic E-state index is 12.3. The van der Waals surface area contributed by atoms with Gasteiger partial charge in [0.05, 0.1) is 20.3 Å². The monoisotopic (exact) mass is 386 g/mol. The van der Waals surface area contributed by atoms with E-state index in [-0.39, 0.29) is 0 Å². The van der Waals surface area contributed by atoms with E-state index in [1.54, 1.807) is 42.5 Å². The summed E-state index contributed by atoms with van der Waals surface area (Å²) < 4.78 is 16.3. The molecule has 0 aromatic heterocycles. The van der Waals surface area contributed by atoms with E-state index in [9.17, 15) is 9.59 Å². The lowest BCUT2D eigenvalue weighted by Gasteiger charge is -2.12. The van der Waals surface area contributed by atoms with Crippen LogP contribution in [-0.4, -0.2) is 32.1 Å². The number of hydrogen-bond donors (Lipinski definition) is 2. The molecule has 0 radical (unpaired) electrons. The molecule has 0 atom stereocenters. The van der Waals surface area contributed by atoms with E-state index in [1.165, 1.54) is 7.11 Å². The van der Waals surface area contributed by atoms with E-state index < -0.39 is 11.8 Å². The minimum atomic E-state index is -0.470. The molecule has 0 saturated carbocycles. The lowest BCUT2D eigenvalue weighted by molar-refractivity contribution is 0.0846. The van der Waals surface area contributed by atoms with Gasteiger partial charge in [-0.15, -0.1) is 0 Å². The molecule has 2 amide bonds. The predicted molar refractivity (Wildman–Crippen MR) is 106 cm³/mol. The number of carbonyl (C=O) groups is 2. The van der Waals surface area contributed by atoms with E-state index >= 15 is 0 Å². The molecule has 0 aliphatic carbocycles. The van der Waals surface area contributed by atoms with Gasteiger partial charge in [-0.25, -0.2) is 0 Å². The Bertz CT molecular complexity index is 820. The summed E-state index contributed by atoms with van der Waals surface area (Å²) in [7, 11) is 1.50. The third-order valence-electron chi connectivity index (χ3n) is 3.69. The fourth-order valence-corrected chi connectivity index (χ4v) is 2.33. The molecule has 7 heteroatoms. The van der Waals surface area contributed by atoms with Crippen LogP contribution in [0, 0.1) is 5.92 Å². The summed E-state index contributed by atoms with van der Waals surface area (Å²) in [4.78, 5) is 24.6. The number of hydrogen-bond acceptors (Lipinski definition) is 5. The highest BCUT2D eigenvalue weighted by molar-refractivity contribution is 5.99. The zero-order valence-corrected chi connectivity index (χ0v) is 16.6. The lowest BCUT2D eigenvalue weighted by Crippen LogP contribution is -2.41. The second kappa shape index (κ2) is 10.2. The van der Waals surface area contributed by atoms with Crippen LogP contribution >= 0.6 is 0 Å². The van der Waals surface area contributed by atoms with Crippen molar-refractivity contribution in [2.45, 2.75) is 20.8 Å². The second-order valence-corrected chi connectivity index (χ2v) is 6.44. The van der Waals surface area contributed by atoms with E-state index in [2.05, 4.69) is 10.9 Å². The van der Waals surface area contributed by atoms with Crippen molar-refractivity contribution in [3.05, 3.63) is 53.6 Å². The van der Waals surface area contributed by atoms with Gasteiger partial charge in [0.15, 0.2) is 11.5 Å². The lowest BCUT2D eigenvalue weighted by atomic mass is 10.2. The standard InChI is InChI=1S/C21H26N2O5/c1-5-27-18-10-9-16(12-19(18)26-4)21(25)23-22-20(24)15-7-6-8-17(11-15)28-13-14(2)3/h6-12,14H,5,13H2,1-4H3,(H,22,24)(H,23,25). The molecule has 0 heterocycles. The molecule has 0 aliphatic rings. The molecule has 0 fully saturated rings. The molecule has 2 aromatic carbocycles. The van der Waals surface area contributed by atoms with Crippen LogP contribution in [0.2, 0.25) is 0 Å². The van der Waals surface area contributed by atoms with E-state index in [4.69, 9.17) is 14.2 Å². The number of nitrogens with one attached hydrogen (secondary N) is 2. The molecule has 0 bridgehead atoms. The Labute approximate surface area is 165 Å². The van der Waals surface area contributed by atoms with E-state index in [0.29, 0.717) is 47.5 Å². The van der Waals surface area contributed by atoms with Gasteiger partial charge in [0, 0.05) is 11.1 Å². The minimum Gasteiger partial charge on any atom is -0.493 e. The molecule has 7 nitrogen and oxygen atoms in total. The summed E-state index contributed by atoms with van der Waals surface area (Å²) in [6.07, 6.45) is 0. The third-order valence-corrected chi connectivity index (χ3v) is 3.69. The topological polar surface area (TPSA) is 85.9 Å². The van der Waals surface area contributed by atoms with Gasteiger partial charge < -0.3 is 14.2 Å². The first-order valence-electron chi connectivity index (χ1n) is 9.09. The van der Waals surface area contributed by atoms with Crippen LogP contribution < -0.4 is 25.1 Å². The maximum Gasteiger partial charge on any atom is 0.269 e. The average molecular weight is 386 g/mol. The summed E-state index contributed by atoms with van der Waals surface area (Å²) in [5.74, 6) is 1.05. The van der Waals surface area contributed by atoms with Gasteiger partial charge >= 0.3 is 0 Å². The summed E-state index contributed by atoms with van der Waals surface area (Å²) >= 11 is 0. The number of rotatable bonds is 8. The van der Waals surface area contributed by atoms with Crippen LogP contribution in [0.3, 0.4) is 0 Å². The van der Waals surface area contributed by atoms with Crippen molar-refractivity contribution in [2.75, 3.05) is 20.3 Å². The van der Waals surface area contributed by atoms with E-state index in [1.807, 2.05) is 20.8 Å². The molecule has 2 aromatic rings. The van der Waals surface area contributed by atoms with Crippen LogP contribution in [0.5, 0.6) is 17.2 Å². The second-order valence-electron chi connectivity index (χ2n) is 6.44. The Morgan fingerprint density at radius 3 is 2.21 bits per heavy atom. The fraction of sp³-hybridized carbons (Fsp3) is 0.333. The van der Waals surface area contributed by atoms with Crippen LogP contribution in [0.4, 0.5) is 0 Å². The highest BCUT2D eigenvalue weighted by Crippen LogP contribution is 2.27. The first-order valence-corrected chi connectivity index (χ1v) is 9.09. The molecule has 0 saturated heterocycles. The third kappa shape index (κ3) is 5.90. The van der Waals surface area contributed by atoms with Gasteiger partial charge in [-0.2, -0.15) is 0 Å². The summed E-state index contributed by atoms with van der Waals surface area (Å²) in [6.45, 7) is 6.99. The Balaban J connectivity index is 1.99. The first kappa shape index (κ1) is 21.1. The first-order chi connectivity index (χ1) is 13.4. The van der Waals surface area contributed by atoms with Crippen molar-refractivity contribution >= 4 is 11.8 Å². The van der Waals surface area contributed by atoms with Crippen molar-refractivity contribution in [1.82, 2.24) is 10.9 Å². The SMILES string of the molecule is CCOc1ccc(C(=O)NNC(=O)c2cccc(OCC(C)C)c2)cc1OC. The Kier molecular flexibility index (Phi) is 7.68. The molecule has 0 spiro atoms. The van der Waals surface area contributed by atoms with Crippen LogP contribution in [0.25, 0.3) is 0 Å². The summed E-state index contributed by atoms with van der Waals surface area (Å²) in [6, 6.07) is 11.6. The van der Waals surface area contributed by atoms with Gasteiger partial charge in [-0.1, -0.05) is 19.9 Å². The Morgan fingerprint density at radius 2 is 1.61 bits per heavy atom. The highest BCUT2D eigenvalue weighted by atomic mass is 16.5. The van der Waals surface area contributed by atoms with Crippen LogP contribution in [0.15, 0.2) is 42.5 Å². The predicted octanol–water partition coefficient (Wildman–Crippen LogP) is 3.20. The molecular formula is C21H26N2O5. The molecule has 150 valence electrons. The van der Waals surface area contributed by atoms with Crippen LogP contribution in [0.1, 0.15) is 41.5 Å². The van der Waals surface area contributed by atoms with Crippen molar-refractivity contribution in [1.29, 1.82) is 0 Å². The number of benzene rings is 2. The number of methoxy groups -OCH3 is 1. The average Bonchev–Trinajstić information content (AvgIpc) is 2.70. The van der Waals surface area contributed by atoms with Gasteiger partial charge in [0.25, 0.3) is 11.8 Å². The maximum atomic E-state index is 12.3. The Hall–Kier alpha value is -3.22. The van der Waals surface area contributed by atoms with Gasteiger partial charge in [-0.3, -0.25) is 20.4 Å². The fourth-order valence-electron chi connectivity index (χ4n) is 2.33. The summed E-state index contributed by atoms with van der Waals surface area (Å²) in [5.41, 5.74) is 5.50.